The van der Waals surface area contributed by atoms with E-state index >= 15 is 0 Å². The van der Waals surface area contributed by atoms with Gasteiger partial charge in [-0.1, -0.05) is 24.3 Å². The molecule has 0 spiro atoms. The summed E-state index contributed by atoms with van der Waals surface area (Å²) in [6, 6.07) is 21.1. The lowest BCUT2D eigenvalue weighted by Gasteiger charge is -2.30. The Morgan fingerprint density at radius 3 is 2.22 bits per heavy atom. The minimum Gasteiger partial charge on any atom is -0.378 e. The summed E-state index contributed by atoms with van der Waals surface area (Å²) in [4.78, 5) is 32.2. The molecule has 3 aliphatic rings. The highest BCUT2D eigenvalue weighted by atomic mass is 16.6. The van der Waals surface area contributed by atoms with E-state index in [9.17, 15) is 14.9 Å². The number of nitro benzene ring substituents is 1. The fourth-order valence-corrected chi connectivity index (χ4v) is 6.55. The van der Waals surface area contributed by atoms with E-state index in [1.54, 1.807) is 17.1 Å². The van der Waals surface area contributed by atoms with Crippen molar-refractivity contribution in [1.29, 1.82) is 0 Å². The molecule has 0 bridgehead atoms. The number of nitro groups is 1. The van der Waals surface area contributed by atoms with Gasteiger partial charge in [0.2, 0.25) is 0 Å². The number of amides is 1. The molecule has 2 aliphatic heterocycles. The molecule has 3 aromatic rings. The first-order valence-electron chi connectivity index (χ1n) is 15.5. The third-order valence-electron chi connectivity index (χ3n) is 8.98. The van der Waals surface area contributed by atoms with Gasteiger partial charge in [0.25, 0.3) is 11.6 Å². The van der Waals surface area contributed by atoms with Gasteiger partial charge in [-0.3, -0.25) is 14.9 Å². The molecule has 2 fully saturated rings. The van der Waals surface area contributed by atoms with Crippen molar-refractivity contribution in [3.05, 3.63) is 99.1 Å². The van der Waals surface area contributed by atoms with E-state index < -0.39 is 4.92 Å². The third kappa shape index (κ3) is 6.15. The summed E-state index contributed by atoms with van der Waals surface area (Å²) in [5.41, 5.74) is 7.00. The summed E-state index contributed by atoms with van der Waals surface area (Å²) >= 11 is 0. The van der Waals surface area contributed by atoms with Crippen molar-refractivity contribution >= 4 is 40.4 Å². The van der Waals surface area contributed by atoms with Crippen LogP contribution < -0.4 is 14.7 Å². The van der Waals surface area contributed by atoms with Gasteiger partial charge in [-0.05, 0) is 78.4 Å². The number of benzene rings is 3. The number of hydrazone groups is 1. The Kier molecular flexibility index (Phi) is 8.58. The molecule has 1 saturated carbocycles. The Morgan fingerprint density at radius 2 is 1.60 bits per heavy atom. The average molecular weight is 609 g/mol. The molecule has 3 aromatic carbocycles. The second-order valence-electron chi connectivity index (χ2n) is 12.3. The fraction of sp³-hybridized carbons (Fsp3) is 0.371. The first kappa shape index (κ1) is 30.3. The number of fused-ring (bicyclic) bond motifs is 1. The van der Waals surface area contributed by atoms with Crippen LogP contribution in [0.25, 0.3) is 6.08 Å². The van der Waals surface area contributed by atoms with Crippen molar-refractivity contribution in [3.8, 4) is 0 Å². The Labute approximate surface area is 264 Å². The van der Waals surface area contributed by atoms with Crippen LogP contribution in [0, 0.1) is 16.0 Å². The standard InChI is InChI=1S/C35H40N6O4/c1-37(2)28-13-8-24(9-14-28)22-26-6-5-7-30-33(26)36-40(34(30)25-10-15-29(16-11-25)38(3)4)35(42)27-12-17-31(32(23-27)41(43)44)39-18-20-45-21-19-39/h8-17,22-23,30,34H,5-7,18-21H2,1-4H3/b26-22-/t30-,34+/m0/s1. The molecule has 1 saturated heterocycles. The van der Waals surface area contributed by atoms with E-state index in [-0.39, 0.29) is 29.1 Å². The molecule has 0 radical (unpaired) electrons. The van der Waals surface area contributed by atoms with Crippen molar-refractivity contribution in [1.82, 2.24) is 5.01 Å². The first-order valence-corrected chi connectivity index (χ1v) is 15.5. The number of carbonyl (C=O) groups excluding carboxylic acids is 1. The lowest BCUT2D eigenvalue weighted by molar-refractivity contribution is -0.384. The second kappa shape index (κ2) is 12.7. The Bertz CT molecular complexity index is 1620. The van der Waals surface area contributed by atoms with E-state index in [1.807, 2.05) is 38.0 Å². The fourth-order valence-electron chi connectivity index (χ4n) is 6.55. The normalized spacial score (nSPS) is 20.5. The second-order valence-corrected chi connectivity index (χ2v) is 12.3. The van der Waals surface area contributed by atoms with Crippen LogP contribution in [0.4, 0.5) is 22.7 Å². The van der Waals surface area contributed by atoms with Crippen molar-refractivity contribution in [2.45, 2.75) is 25.3 Å². The van der Waals surface area contributed by atoms with E-state index in [2.05, 4.69) is 59.5 Å². The largest absolute Gasteiger partial charge is 0.378 e. The summed E-state index contributed by atoms with van der Waals surface area (Å²) in [5.74, 6) is -0.326. The molecule has 10 nitrogen and oxygen atoms in total. The van der Waals surface area contributed by atoms with E-state index in [4.69, 9.17) is 9.84 Å². The number of ether oxygens (including phenoxy) is 1. The number of anilines is 3. The molecule has 10 heteroatoms. The van der Waals surface area contributed by atoms with Crippen LogP contribution in [0.1, 0.15) is 46.8 Å². The molecule has 0 unspecified atom stereocenters. The molecular weight excluding hydrogens is 568 g/mol. The molecule has 1 aliphatic carbocycles. The lowest BCUT2D eigenvalue weighted by Crippen LogP contribution is -2.36. The highest BCUT2D eigenvalue weighted by Crippen LogP contribution is 2.45. The summed E-state index contributed by atoms with van der Waals surface area (Å²) in [5, 5.41) is 18.8. The quantitative estimate of drug-likeness (QED) is 0.240. The molecule has 0 N–H and O–H groups in total. The highest BCUT2D eigenvalue weighted by Gasteiger charge is 2.44. The van der Waals surface area contributed by atoms with Gasteiger partial charge in [0.15, 0.2) is 0 Å². The maximum absolute atomic E-state index is 14.3. The van der Waals surface area contributed by atoms with Crippen molar-refractivity contribution in [2.75, 3.05) is 69.2 Å². The zero-order valence-electron chi connectivity index (χ0n) is 26.3. The average Bonchev–Trinajstić information content (AvgIpc) is 3.45. The van der Waals surface area contributed by atoms with Gasteiger partial charge in [-0.25, -0.2) is 5.01 Å². The Morgan fingerprint density at radius 1 is 0.956 bits per heavy atom. The number of morpholine rings is 1. The molecular formula is C35H40N6O4. The van der Waals surface area contributed by atoms with Gasteiger partial charge in [0, 0.05) is 70.2 Å². The molecule has 2 atom stereocenters. The van der Waals surface area contributed by atoms with E-state index in [0.29, 0.717) is 32.0 Å². The maximum atomic E-state index is 14.3. The lowest BCUT2D eigenvalue weighted by atomic mass is 9.77. The van der Waals surface area contributed by atoms with Crippen LogP contribution in [0.5, 0.6) is 0 Å². The number of allylic oxidation sites excluding steroid dienone is 1. The first-order chi connectivity index (χ1) is 21.7. The molecule has 1 amide bonds. The third-order valence-corrected chi connectivity index (χ3v) is 8.98. The predicted octanol–water partition coefficient (Wildman–Crippen LogP) is 6.00. The van der Waals surface area contributed by atoms with Crippen LogP contribution >= 0.6 is 0 Å². The minimum atomic E-state index is -0.406. The molecule has 6 rings (SSSR count). The maximum Gasteiger partial charge on any atom is 0.293 e. The van der Waals surface area contributed by atoms with Gasteiger partial charge in [0.1, 0.15) is 5.69 Å². The zero-order chi connectivity index (χ0) is 31.7. The minimum absolute atomic E-state index is 0.0165. The number of hydrogen-bond acceptors (Lipinski definition) is 8. The van der Waals surface area contributed by atoms with Crippen molar-refractivity contribution in [2.24, 2.45) is 11.0 Å². The Balaban J connectivity index is 1.39. The summed E-state index contributed by atoms with van der Waals surface area (Å²) in [6.45, 7) is 2.14. The molecule has 2 heterocycles. The van der Waals surface area contributed by atoms with Crippen LogP contribution in [0.2, 0.25) is 0 Å². The van der Waals surface area contributed by atoms with Crippen LogP contribution in [0.3, 0.4) is 0 Å². The summed E-state index contributed by atoms with van der Waals surface area (Å²) in [6.07, 6.45) is 4.94. The number of hydrogen-bond donors (Lipinski definition) is 0. The van der Waals surface area contributed by atoms with Crippen LogP contribution in [0.15, 0.2) is 77.4 Å². The van der Waals surface area contributed by atoms with Gasteiger partial charge in [0.05, 0.1) is 29.9 Å². The monoisotopic (exact) mass is 608 g/mol. The van der Waals surface area contributed by atoms with Crippen molar-refractivity contribution in [3.63, 3.8) is 0 Å². The molecule has 234 valence electrons. The van der Waals surface area contributed by atoms with Gasteiger partial charge in [-0.2, -0.15) is 5.10 Å². The smallest absolute Gasteiger partial charge is 0.293 e. The summed E-state index contributed by atoms with van der Waals surface area (Å²) in [7, 11) is 8.04. The van der Waals surface area contributed by atoms with Crippen LogP contribution in [-0.2, 0) is 4.74 Å². The van der Waals surface area contributed by atoms with Gasteiger partial charge in [-0.15, -0.1) is 0 Å². The topological polar surface area (TPSA) is 94.8 Å². The SMILES string of the molecule is CN(C)c1ccc(/C=C2/CCC[C@H]3C2=NN(C(=O)c2ccc(N4CCOCC4)c([N+](=O)[O-])c2)[C@@H]3c2ccc(N(C)C)cc2)cc1. The highest BCUT2D eigenvalue weighted by molar-refractivity contribution is 6.09. The number of rotatable bonds is 7. The van der Waals surface area contributed by atoms with E-state index in [1.165, 1.54) is 6.07 Å². The van der Waals surface area contributed by atoms with Crippen molar-refractivity contribution < 1.29 is 14.5 Å². The predicted molar refractivity (Wildman–Crippen MR) is 179 cm³/mol. The van der Waals surface area contributed by atoms with Gasteiger partial charge < -0.3 is 19.4 Å². The molecule has 0 aromatic heterocycles. The van der Waals surface area contributed by atoms with Crippen LogP contribution in [-0.4, -0.2) is 76.0 Å². The Hall–Kier alpha value is -4.70. The summed E-state index contributed by atoms with van der Waals surface area (Å²) < 4.78 is 5.44. The number of nitrogens with zero attached hydrogens (tertiary/aromatic N) is 6. The number of carbonyl (C=O) groups is 1. The zero-order valence-corrected chi connectivity index (χ0v) is 26.3. The molecule has 45 heavy (non-hydrogen) atoms. The van der Waals surface area contributed by atoms with Gasteiger partial charge >= 0.3 is 0 Å². The van der Waals surface area contributed by atoms with E-state index in [0.717, 1.165) is 53.0 Å².